The van der Waals surface area contributed by atoms with Crippen LogP contribution in [0, 0.1) is 12.8 Å². The highest BCUT2D eigenvalue weighted by atomic mass is 16.5. The SMILES string of the molecule is Cc1ccc(NC(=O)C(NC(=O)OCC2c3ccccc3-c3ccccc32)C(C)C)cc1C(=O)O. The molecule has 1 unspecified atom stereocenters. The average Bonchev–Trinajstić information content (AvgIpc) is 3.15. The Kier molecular flexibility index (Phi) is 6.87. The number of amides is 2. The molecule has 180 valence electrons. The van der Waals surface area contributed by atoms with E-state index in [4.69, 9.17) is 4.74 Å². The molecular weight excluding hydrogens is 444 g/mol. The van der Waals surface area contributed by atoms with Crippen molar-refractivity contribution < 1.29 is 24.2 Å². The van der Waals surface area contributed by atoms with E-state index in [0.717, 1.165) is 22.3 Å². The Bertz CT molecular complexity index is 1240. The van der Waals surface area contributed by atoms with Crippen LogP contribution < -0.4 is 10.6 Å². The lowest BCUT2D eigenvalue weighted by molar-refractivity contribution is -0.119. The van der Waals surface area contributed by atoms with Crippen LogP contribution in [0.5, 0.6) is 0 Å². The first-order chi connectivity index (χ1) is 16.8. The summed E-state index contributed by atoms with van der Waals surface area (Å²) in [4.78, 5) is 37.0. The number of hydrogen-bond acceptors (Lipinski definition) is 4. The molecule has 1 aliphatic rings. The van der Waals surface area contributed by atoms with E-state index in [1.807, 2.05) is 50.2 Å². The first-order valence-electron chi connectivity index (χ1n) is 11.5. The van der Waals surface area contributed by atoms with Crippen LogP contribution in [0.25, 0.3) is 11.1 Å². The van der Waals surface area contributed by atoms with E-state index in [9.17, 15) is 19.5 Å². The number of carboxylic acids is 1. The number of hydrogen-bond donors (Lipinski definition) is 3. The van der Waals surface area contributed by atoms with E-state index >= 15 is 0 Å². The average molecular weight is 473 g/mol. The zero-order valence-electron chi connectivity index (χ0n) is 19.9. The molecule has 1 aliphatic carbocycles. The van der Waals surface area contributed by atoms with Crippen LogP contribution in [-0.2, 0) is 9.53 Å². The Morgan fingerprint density at radius 1 is 0.943 bits per heavy atom. The molecule has 0 heterocycles. The number of nitrogens with one attached hydrogen (secondary N) is 2. The Morgan fingerprint density at radius 3 is 2.11 bits per heavy atom. The van der Waals surface area contributed by atoms with Gasteiger partial charge in [-0.15, -0.1) is 0 Å². The van der Waals surface area contributed by atoms with E-state index < -0.39 is 24.0 Å². The van der Waals surface area contributed by atoms with Gasteiger partial charge in [0.05, 0.1) is 5.56 Å². The zero-order chi connectivity index (χ0) is 25.1. The predicted octanol–water partition coefficient (Wildman–Crippen LogP) is 5.20. The summed E-state index contributed by atoms with van der Waals surface area (Å²) in [5.74, 6) is -1.83. The molecule has 1 atom stereocenters. The molecule has 0 saturated carbocycles. The summed E-state index contributed by atoms with van der Waals surface area (Å²) in [7, 11) is 0. The van der Waals surface area contributed by atoms with Crippen molar-refractivity contribution in [1.82, 2.24) is 5.32 Å². The van der Waals surface area contributed by atoms with E-state index in [0.29, 0.717) is 11.3 Å². The van der Waals surface area contributed by atoms with Gasteiger partial charge in [0, 0.05) is 11.6 Å². The fraction of sp³-hybridized carbons (Fsp3) is 0.250. The van der Waals surface area contributed by atoms with Gasteiger partial charge in [-0.25, -0.2) is 9.59 Å². The largest absolute Gasteiger partial charge is 0.478 e. The van der Waals surface area contributed by atoms with Crippen LogP contribution >= 0.6 is 0 Å². The van der Waals surface area contributed by atoms with Crippen LogP contribution in [0.1, 0.15) is 46.8 Å². The fourth-order valence-electron chi connectivity index (χ4n) is 4.45. The number of rotatable bonds is 7. The minimum Gasteiger partial charge on any atom is -0.478 e. The van der Waals surface area contributed by atoms with Gasteiger partial charge in [0.15, 0.2) is 0 Å². The van der Waals surface area contributed by atoms with Gasteiger partial charge in [-0.05, 0) is 52.8 Å². The molecule has 0 bridgehead atoms. The molecule has 3 N–H and O–H groups in total. The fourth-order valence-corrected chi connectivity index (χ4v) is 4.45. The van der Waals surface area contributed by atoms with Crippen LogP contribution in [0.3, 0.4) is 0 Å². The minimum absolute atomic E-state index is 0.0820. The summed E-state index contributed by atoms with van der Waals surface area (Å²) in [5, 5.41) is 14.7. The number of anilines is 1. The molecule has 2 amide bonds. The molecule has 3 aromatic carbocycles. The lowest BCUT2D eigenvalue weighted by Gasteiger charge is -2.22. The summed E-state index contributed by atoms with van der Waals surface area (Å²) < 4.78 is 5.58. The number of carbonyl (C=O) groups excluding carboxylic acids is 2. The highest BCUT2D eigenvalue weighted by Crippen LogP contribution is 2.44. The van der Waals surface area contributed by atoms with Crippen molar-refractivity contribution in [2.24, 2.45) is 5.92 Å². The molecular formula is C28H28N2O5. The van der Waals surface area contributed by atoms with Crippen LogP contribution in [-0.4, -0.2) is 35.7 Å². The molecule has 4 rings (SSSR count). The van der Waals surface area contributed by atoms with Crippen molar-refractivity contribution in [3.8, 4) is 11.1 Å². The lowest BCUT2D eigenvalue weighted by atomic mass is 9.98. The van der Waals surface area contributed by atoms with Gasteiger partial charge < -0.3 is 20.5 Å². The Morgan fingerprint density at radius 2 is 1.54 bits per heavy atom. The van der Waals surface area contributed by atoms with Crippen molar-refractivity contribution in [3.05, 3.63) is 89.0 Å². The third-order valence-corrected chi connectivity index (χ3v) is 6.30. The van der Waals surface area contributed by atoms with Gasteiger partial charge in [-0.3, -0.25) is 4.79 Å². The van der Waals surface area contributed by atoms with Gasteiger partial charge in [0.2, 0.25) is 5.91 Å². The highest BCUT2D eigenvalue weighted by molar-refractivity contribution is 5.98. The second-order valence-corrected chi connectivity index (χ2v) is 9.02. The molecule has 7 nitrogen and oxygen atoms in total. The number of ether oxygens (including phenoxy) is 1. The van der Waals surface area contributed by atoms with Gasteiger partial charge in [-0.1, -0.05) is 68.4 Å². The van der Waals surface area contributed by atoms with E-state index in [1.54, 1.807) is 19.1 Å². The van der Waals surface area contributed by atoms with E-state index in [-0.39, 0.29) is 24.0 Å². The van der Waals surface area contributed by atoms with Crippen LogP contribution in [0.2, 0.25) is 0 Å². The molecule has 3 aromatic rings. The minimum atomic E-state index is -1.07. The number of aromatic carboxylic acids is 1. The Balaban J connectivity index is 1.42. The maximum Gasteiger partial charge on any atom is 0.407 e. The normalized spacial score (nSPS) is 13.0. The van der Waals surface area contributed by atoms with Gasteiger partial charge in [-0.2, -0.15) is 0 Å². The first-order valence-corrected chi connectivity index (χ1v) is 11.5. The Hall–Kier alpha value is -4.13. The molecule has 0 aromatic heterocycles. The standard InChI is InChI=1S/C28H28N2O5/c1-16(2)25(26(31)29-18-13-12-17(3)23(14-18)27(32)33)30-28(34)35-15-24-21-10-6-4-8-19(21)20-9-5-7-11-22(20)24/h4-14,16,24-25H,15H2,1-3H3,(H,29,31)(H,30,34)(H,32,33). The molecule has 35 heavy (non-hydrogen) atoms. The van der Waals surface area contributed by atoms with Crippen molar-refractivity contribution >= 4 is 23.7 Å². The summed E-state index contributed by atoms with van der Waals surface area (Å²) in [5.41, 5.74) is 5.52. The van der Waals surface area contributed by atoms with Crippen molar-refractivity contribution in [2.75, 3.05) is 11.9 Å². The molecule has 0 saturated heterocycles. The third-order valence-electron chi connectivity index (χ3n) is 6.30. The smallest absolute Gasteiger partial charge is 0.407 e. The van der Waals surface area contributed by atoms with Gasteiger partial charge in [0.25, 0.3) is 0 Å². The number of carbonyl (C=O) groups is 3. The molecule has 7 heteroatoms. The maximum absolute atomic E-state index is 12.9. The second kappa shape index (κ2) is 10.0. The lowest BCUT2D eigenvalue weighted by Crippen LogP contribution is -2.47. The summed E-state index contributed by atoms with van der Waals surface area (Å²) >= 11 is 0. The number of alkyl carbamates (subject to hydrolysis) is 1. The number of carboxylic acid groups (broad SMARTS) is 1. The topological polar surface area (TPSA) is 105 Å². The van der Waals surface area contributed by atoms with E-state index in [1.165, 1.54) is 6.07 Å². The maximum atomic E-state index is 12.9. The predicted molar refractivity (Wildman–Crippen MR) is 134 cm³/mol. The molecule has 0 fully saturated rings. The van der Waals surface area contributed by atoms with Crippen molar-refractivity contribution in [3.63, 3.8) is 0 Å². The second-order valence-electron chi connectivity index (χ2n) is 9.02. The third kappa shape index (κ3) is 5.04. The zero-order valence-corrected chi connectivity index (χ0v) is 19.9. The molecule has 0 radical (unpaired) electrons. The number of fused-ring (bicyclic) bond motifs is 3. The highest BCUT2D eigenvalue weighted by Gasteiger charge is 2.30. The number of benzene rings is 3. The molecule has 0 aliphatic heterocycles. The molecule has 0 spiro atoms. The van der Waals surface area contributed by atoms with Crippen molar-refractivity contribution in [2.45, 2.75) is 32.7 Å². The van der Waals surface area contributed by atoms with Gasteiger partial charge >= 0.3 is 12.1 Å². The van der Waals surface area contributed by atoms with E-state index in [2.05, 4.69) is 22.8 Å². The summed E-state index contributed by atoms with van der Waals surface area (Å²) in [6.07, 6.45) is -0.684. The monoisotopic (exact) mass is 472 g/mol. The quantitative estimate of drug-likeness (QED) is 0.439. The summed E-state index contributed by atoms with van der Waals surface area (Å²) in [6, 6.07) is 19.9. The van der Waals surface area contributed by atoms with Crippen LogP contribution in [0.4, 0.5) is 10.5 Å². The summed E-state index contributed by atoms with van der Waals surface area (Å²) in [6.45, 7) is 5.45. The van der Waals surface area contributed by atoms with Gasteiger partial charge in [0.1, 0.15) is 12.6 Å². The Labute approximate surface area is 204 Å². The first kappa shape index (κ1) is 24.0. The van der Waals surface area contributed by atoms with Crippen LogP contribution in [0.15, 0.2) is 66.7 Å². The number of aryl methyl sites for hydroxylation is 1. The van der Waals surface area contributed by atoms with Crippen molar-refractivity contribution in [1.29, 1.82) is 0 Å².